The largest absolute Gasteiger partial charge is 0.491 e. The number of aryl methyl sites for hydroxylation is 8. The second-order valence-corrected chi connectivity index (χ2v) is 42.4. The molecule has 0 aliphatic carbocycles. The van der Waals surface area contributed by atoms with Crippen LogP contribution in [0.4, 0.5) is 0 Å². The molecule has 15 rings (SSSR count). The van der Waals surface area contributed by atoms with Gasteiger partial charge >= 0.3 is 47.4 Å². The zero-order chi connectivity index (χ0) is 108. The van der Waals surface area contributed by atoms with E-state index in [1.54, 1.807) is 188 Å². The zero-order valence-electron chi connectivity index (χ0n) is 88.7. The van der Waals surface area contributed by atoms with Gasteiger partial charge in [-0.3, -0.25) is 80.1 Å². The summed E-state index contributed by atoms with van der Waals surface area (Å²) in [6, 6.07) is 45.9. The third-order valence-electron chi connectivity index (χ3n) is 25.1. The molecule has 0 fully saturated rings. The summed E-state index contributed by atoms with van der Waals surface area (Å²) in [6.07, 6.45) is 1.98. The second kappa shape index (κ2) is 47.5. The van der Waals surface area contributed by atoms with Gasteiger partial charge in [0, 0.05) is 78.7 Å². The number of pyridine rings is 1. The van der Waals surface area contributed by atoms with Crippen molar-refractivity contribution in [3.63, 3.8) is 0 Å². The number of rotatable bonds is 16. The van der Waals surface area contributed by atoms with Crippen LogP contribution in [0.5, 0.6) is 0 Å². The molecule has 0 saturated carbocycles. The topological polar surface area (TPSA) is 459 Å². The summed E-state index contributed by atoms with van der Waals surface area (Å²) in [6.45, 7) is 51.5. The molecule has 3 atom stereocenters. The highest BCUT2D eigenvalue weighted by atomic mass is 16.5. The number of hydrogen-bond acceptors (Lipinski definition) is 25. The number of hydrogen-bond donors (Lipinski definition) is 10. The highest BCUT2D eigenvalue weighted by Gasteiger charge is 2.43. The molecule has 0 bridgehead atoms. The summed E-state index contributed by atoms with van der Waals surface area (Å²) in [5.41, 5.74) is 28.1. The van der Waals surface area contributed by atoms with E-state index in [1.165, 1.54) is 25.0 Å². The van der Waals surface area contributed by atoms with Crippen molar-refractivity contribution in [3.05, 3.63) is 293 Å². The fraction of sp³-hybridized carbons (Fsp3) is 0.393. The number of fused-ring (bicyclic) bond motifs is 5. The van der Waals surface area contributed by atoms with Crippen molar-refractivity contribution in [1.82, 2.24) is 77.1 Å². The Morgan fingerprint density at radius 2 is 0.531 bits per heavy atom. The number of nitrogens with zero attached hydrogens (tertiary/aromatic N) is 10. The highest BCUT2D eigenvalue weighted by molar-refractivity contribution is 6.63. The molecule has 5 aliphatic rings. The van der Waals surface area contributed by atoms with Gasteiger partial charge in [-0.25, -0.2) is 45.0 Å². The zero-order valence-corrected chi connectivity index (χ0v) is 88.7. The SMILES string of the molecule is CC[C@@H](N(NC(=O)c1ccc2c(c1)B(O)OC2)C(=O)c1nc(C)cc(C)n1)C(C)(C)C.CC[C@H](N(NC(=O)c1ccc2c(c1)B(O)OC2)C(=O)c1cc(C)cc(C)c1)C(C)(C)C.CC[C@H](N(NC(=O)c1ccc2c(c1)B(O)OC2)C(=O)c1ccccc1)C(C)(C)C.Cc1cc(C(=O)N(NC(=O)c2ccc3c(c2)B(O)OC3)C(C)(C)C)cc(C)n1.Cc1cc(C)nc(C(=O)N(NC(=O)c2ccc3c(c2)B(O)OC3)C(C)(C)C)n1. The Kier molecular flexibility index (Phi) is 36.8. The molecule has 10 N–H and O–H groups in total. The molecular formula is C107H134B5N15O20. The van der Waals surface area contributed by atoms with Gasteiger partial charge in [-0.2, -0.15) is 0 Å². The maximum absolute atomic E-state index is 13.6. The monoisotopic (exact) mass is 2000 g/mol. The summed E-state index contributed by atoms with van der Waals surface area (Å²) in [5, 5.41) is 56.4. The molecule has 8 heterocycles. The predicted octanol–water partition coefficient (Wildman–Crippen LogP) is 9.97. The van der Waals surface area contributed by atoms with Gasteiger partial charge in [-0.1, -0.05) is 149 Å². The Balaban J connectivity index is 0.000000175. The molecule has 0 spiro atoms. The first-order valence-corrected chi connectivity index (χ1v) is 49.0. The number of aromatic nitrogens is 5. The Labute approximate surface area is 861 Å². The van der Waals surface area contributed by atoms with Crippen molar-refractivity contribution in [2.75, 3.05) is 0 Å². The van der Waals surface area contributed by atoms with Gasteiger partial charge < -0.3 is 48.4 Å². The van der Waals surface area contributed by atoms with Crippen LogP contribution in [-0.2, 0) is 56.3 Å². The van der Waals surface area contributed by atoms with E-state index in [1.807, 2.05) is 135 Å². The number of carbonyl (C=O) groups is 10. The Hall–Kier alpha value is -13.5. The molecule has 10 aromatic rings. The lowest BCUT2D eigenvalue weighted by Gasteiger charge is -2.39. The van der Waals surface area contributed by atoms with E-state index in [0.717, 1.165) is 50.3 Å². The predicted molar refractivity (Wildman–Crippen MR) is 562 cm³/mol. The molecule has 5 aliphatic heterocycles. The number of carbonyl (C=O) groups excluding carboxylic acids is 10. The first kappa shape index (κ1) is 114. The lowest BCUT2D eigenvalue weighted by atomic mass is 9.79. The third-order valence-corrected chi connectivity index (χ3v) is 25.1. The maximum Gasteiger partial charge on any atom is 0.491 e. The van der Waals surface area contributed by atoms with E-state index in [2.05, 4.69) is 72.8 Å². The fourth-order valence-electron chi connectivity index (χ4n) is 17.9. The molecule has 0 saturated heterocycles. The van der Waals surface area contributed by atoms with Crippen LogP contribution in [0.1, 0.15) is 321 Å². The van der Waals surface area contributed by atoms with Crippen molar-refractivity contribution >= 4 is 122 Å². The van der Waals surface area contributed by atoms with Gasteiger partial charge in [-0.15, -0.1) is 0 Å². The summed E-state index contributed by atoms with van der Waals surface area (Å²) in [7, 11) is -5.20. The smallest absolute Gasteiger partial charge is 0.423 e. The minimum Gasteiger partial charge on any atom is -0.423 e. The van der Waals surface area contributed by atoms with Gasteiger partial charge in [0.1, 0.15) is 0 Å². The number of nitrogens with one attached hydrogen (secondary N) is 5. The van der Waals surface area contributed by atoms with E-state index in [-0.39, 0.29) is 63.7 Å². The van der Waals surface area contributed by atoms with E-state index in [9.17, 15) is 73.1 Å². The molecule has 40 heteroatoms. The number of hydrazine groups is 5. The van der Waals surface area contributed by atoms with Gasteiger partial charge in [0.15, 0.2) is 0 Å². The van der Waals surface area contributed by atoms with Crippen LogP contribution in [0.15, 0.2) is 164 Å². The van der Waals surface area contributed by atoms with Crippen LogP contribution >= 0.6 is 0 Å². The first-order valence-electron chi connectivity index (χ1n) is 49.0. The van der Waals surface area contributed by atoms with Crippen molar-refractivity contribution in [2.45, 2.75) is 262 Å². The third kappa shape index (κ3) is 28.7. The molecule has 0 unspecified atom stereocenters. The minimum atomic E-state index is -1.05. The van der Waals surface area contributed by atoms with E-state index < -0.39 is 88.0 Å². The van der Waals surface area contributed by atoms with E-state index in [0.29, 0.717) is 147 Å². The van der Waals surface area contributed by atoms with Crippen molar-refractivity contribution in [2.24, 2.45) is 16.2 Å². The van der Waals surface area contributed by atoms with Crippen molar-refractivity contribution in [1.29, 1.82) is 0 Å². The fourth-order valence-corrected chi connectivity index (χ4v) is 17.9. The Morgan fingerprint density at radius 1 is 0.286 bits per heavy atom. The standard InChI is InChI=1S/C24H31BN2O4.C22H29BN4O4.C22H27BN2O4.C20H24BN3O4.C19H23BN4O4/c1-7-21(24(4,5)6)27(23(29)19-11-15(2)10-16(3)12-19)26-22(28)17-8-9-18-14-31-25(30)20(18)13-17;1-7-18(22(4,5)6)27(21(29)19-24-13(2)10-14(3)25-19)26-20(28)15-8-9-16-12-31-23(30)17(16)11-15;1-5-19(22(2,3)4)25(21(27)15-9-7-6-8-10-15)24-20(26)16-11-12-17-14-29-23(28)18(17)13-16;1-12-8-16(9-13(2)22-12)19(26)24(20(3,4)5)23-18(25)14-6-7-15-11-28-21(27)17(15)10-14;1-11-8-12(2)22-16(21-11)18(26)24(19(3,4)5)23-17(25)13-6-7-14-10-28-20(27)15(14)9-13/h8-13,21,30H,7,14H2,1-6H3,(H,26,28);8-11,18,30H,7,12H2,1-6H3,(H,26,28);6-13,19,28H,5,14H2,1-4H3,(H,24,26);6-10,27H,11H2,1-5H3,(H,23,25);6-9,27H,10H2,1-5H3,(H,23,25)/t21-;18-;19-;;/m010../s1. The average molecular weight is 2000 g/mol. The van der Waals surface area contributed by atoms with Gasteiger partial charge in [-0.05, 0) is 297 Å². The molecule has 772 valence electrons. The number of benzene rings is 7. The van der Waals surface area contributed by atoms with Crippen molar-refractivity contribution in [3.8, 4) is 0 Å². The molecule has 10 amide bonds. The molecule has 35 nitrogen and oxygen atoms in total. The van der Waals surface area contributed by atoms with Crippen LogP contribution < -0.4 is 54.4 Å². The summed E-state index contributed by atoms with van der Waals surface area (Å²) in [4.78, 5) is 153. The van der Waals surface area contributed by atoms with Crippen LogP contribution in [0.3, 0.4) is 0 Å². The van der Waals surface area contributed by atoms with Crippen LogP contribution in [0, 0.1) is 71.6 Å². The molecule has 3 aromatic heterocycles. The van der Waals surface area contributed by atoms with Gasteiger partial charge in [0.25, 0.3) is 47.3 Å². The maximum atomic E-state index is 13.6. The first-order chi connectivity index (χ1) is 68.8. The summed E-state index contributed by atoms with van der Waals surface area (Å²) >= 11 is 0. The normalized spacial score (nSPS) is 13.9. The molecule has 0 radical (unpaired) electrons. The molecule has 147 heavy (non-hydrogen) atoms. The summed E-state index contributed by atoms with van der Waals surface area (Å²) in [5.74, 6) is -3.91. The van der Waals surface area contributed by atoms with Crippen LogP contribution in [-0.4, -0.2) is 199 Å². The summed E-state index contributed by atoms with van der Waals surface area (Å²) < 4.78 is 25.9. The van der Waals surface area contributed by atoms with Crippen LogP contribution in [0.25, 0.3) is 0 Å². The lowest BCUT2D eigenvalue weighted by molar-refractivity contribution is 0.0275. The highest BCUT2D eigenvalue weighted by Crippen LogP contribution is 2.33. The molecular weight excluding hydrogens is 1870 g/mol. The van der Waals surface area contributed by atoms with E-state index in [4.69, 9.17) is 23.3 Å². The van der Waals surface area contributed by atoms with E-state index >= 15 is 0 Å². The van der Waals surface area contributed by atoms with Gasteiger partial charge in [0.2, 0.25) is 11.6 Å². The number of amides is 10. The Morgan fingerprint density at radius 3 is 0.803 bits per heavy atom. The van der Waals surface area contributed by atoms with Crippen LogP contribution in [0.2, 0.25) is 0 Å². The lowest BCUT2D eigenvalue weighted by Crippen LogP contribution is -2.56. The minimum absolute atomic E-state index is 0.0190. The molecule has 7 aromatic carbocycles. The van der Waals surface area contributed by atoms with Gasteiger partial charge in [0.05, 0.1) is 62.2 Å². The quantitative estimate of drug-likeness (QED) is 0.0317. The second-order valence-electron chi connectivity index (χ2n) is 42.4. The Bertz CT molecular complexity index is 6190. The average Bonchev–Trinajstić information content (AvgIpc) is 1.68. The van der Waals surface area contributed by atoms with Crippen molar-refractivity contribution < 1.29 is 96.3 Å².